The van der Waals surface area contributed by atoms with Crippen LogP contribution >= 0.6 is 0 Å². The highest BCUT2D eigenvalue weighted by Crippen LogP contribution is 2.31. The van der Waals surface area contributed by atoms with Gasteiger partial charge in [0, 0.05) is 39.1 Å². The van der Waals surface area contributed by atoms with Crippen LogP contribution in [-0.2, 0) is 16.1 Å². The monoisotopic (exact) mass is 332 g/mol. The van der Waals surface area contributed by atoms with Gasteiger partial charge in [0.05, 0.1) is 0 Å². The number of rotatable bonds is 3. The maximum absolute atomic E-state index is 11.9. The molecule has 0 aromatic heterocycles. The van der Waals surface area contributed by atoms with Gasteiger partial charge in [-0.3, -0.25) is 14.6 Å². The topological polar surface area (TPSA) is 51.2 Å². The Kier molecular flexibility index (Phi) is 4.33. The van der Waals surface area contributed by atoms with Crippen LogP contribution in [0.1, 0.15) is 18.9 Å². The van der Waals surface area contributed by atoms with Crippen LogP contribution in [0.25, 0.3) is 0 Å². The first-order chi connectivity index (χ1) is 11.7. The quantitative estimate of drug-likeness (QED) is 0.777. The van der Waals surface area contributed by atoms with Gasteiger partial charge in [-0.1, -0.05) is 6.07 Å². The molecule has 2 atom stereocenters. The number of hydrogen-bond acceptors (Lipinski definition) is 6. The van der Waals surface area contributed by atoms with E-state index in [1.807, 2.05) is 13.0 Å². The zero-order valence-corrected chi connectivity index (χ0v) is 14.1. The van der Waals surface area contributed by atoms with E-state index in [0.29, 0.717) is 13.2 Å². The number of hydrogen-bond donors (Lipinski definition) is 0. The van der Waals surface area contributed by atoms with Crippen LogP contribution in [0.5, 0.6) is 11.5 Å². The molecular formula is C18H24N2O4. The zero-order valence-electron chi connectivity index (χ0n) is 14.1. The third kappa shape index (κ3) is 3.21. The van der Waals surface area contributed by atoms with Crippen molar-refractivity contribution in [3.8, 4) is 11.5 Å². The Labute approximate surface area is 142 Å². The molecule has 0 saturated carbocycles. The lowest BCUT2D eigenvalue weighted by Gasteiger charge is -2.36. The van der Waals surface area contributed by atoms with Crippen molar-refractivity contribution < 1.29 is 19.0 Å². The van der Waals surface area contributed by atoms with Crippen LogP contribution in [0.15, 0.2) is 18.2 Å². The molecule has 0 bridgehead atoms. The number of fused-ring (bicyclic) bond motifs is 1. The average Bonchev–Trinajstić information content (AvgIpc) is 2.94. The molecule has 6 heteroatoms. The van der Waals surface area contributed by atoms with Gasteiger partial charge < -0.3 is 14.2 Å². The fourth-order valence-corrected chi connectivity index (χ4v) is 3.71. The zero-order chi connectivity index (χ0) is 16.5. The van der Waals surface area contributed by atoms with Crippen LogP contribution in [0, 0.1) is 0 Å². The molecule has 3 aliphatic rings. The summed E-state index contributed by atoms with van der Waals surface area (Å²) in [7, 11) is 0. The van der Waals surface area contributed by atoms with Crippen molar-refractivity contribution in [3.63, 3.8) is 0 Å². The lowest BCUT2D eigenvalue weighted by molar-refractivity contribution is -0.145. The summed E-state index contributed by atoms with van der Waals surface area (Å²) in [4.78, 5) is 16.6. The van der Waals surface area contributed by atoms with Gasteiger partial charge in [0.2, 0.25) is 0 Å². The van der Waals surface area contributed by atoms with Gasteiger partial charge in [0.15, 0.2) is 11.5 Å². The summed E-state index contributed by atoms with van der Waals surface area (Å²) in [6, 6.07) is 6.14. The number of nitrogens with zero attached hydrogens (tertiary/aromatic N) is 2. The van der Waals surface area contributed by atoms with Crippen molar-refractivity contribution in [1.82, 2.24) is 9.80 Å². The summed E-state index contributed by atoms with van der Waals surface area (Å²) in [5.41, 5.74) is 1.24. The Bertz CT molecular complexity index is 613. The highest BCUT2D eigenvalue weighted by Gasteiger charge is 2.37. The van der Waals surface area contributed by atoms with Gasteiger partial charge in [0.25, 0.3) is 0 Å². The average molecular weight is 332 g/mol. The molecule has 24 heavy (non-hydrogen) atoms. The summed E-state index contributed by atoms with van der Waals surface area (Å²) in [5.74, 6) is 1.63. The molecular weight excluding hydrogens is 308 g/mol. The predicted molar refractivity (Wildman–Crippen MR) is 88.2 cm³/mol. The van der Waals surface area contributed by atoms with Gasteiger partial charge >= 0.3 is 5.97 Å². The molecule has 4 rings (SSSR count). The second-order valence-electron chi connectivity index (χ2n) is 6.79. The first-order valence-electron chi connectivity index (χ1n) is 8.74. The Morgan fingerprint density at radius 1 is 1.08 bits per heavy atom. The number of ether oxygens (including phenoxy) is 3. The number of carbonyl (C=O) groups excluding carboxylic acids is 1. The summed E-state index contributed by atoms with van der Waals surface area (Å²) >= 11 is 0. The SMILES string of the molecule is C[C@@H]1C[C@@H](N2CCN(Cc3ccc4c(c3)OCCO4)CC2)C(=O)O1. The lowest BCUT2D eigenvalue weighted by atomic mass is 10.1. The summed E-state index contributed by atoms with van der Waals surface area (Å²) in [6.45, 7) is 7.86. The van der Waals surface area contributed by atoms with E-state index in [1.165, 1.54) is 5.56 Å². The number of esters is 1. The standard InChI is InChI=1S/C18H24N2O4/c1-13-10-15(18(21)24-13)20-6-4-19(5-7-20)12-14-2-3-16-17(11-14)23-9-8-22-16/h2-3,11,13,15H,4-10,12H2,1H3/t13-,15-/m1/s1. The Morgan fingerprint density at radius 2 is 1.83 bits per heavy atom. The highest BCUT2D eigenvalue weighted by molar-refractivity contribution is 5.78. The molecule has 0 N–H and O–H groups in total. The van der Waals surface area contributed by atoms with E-state index in [-0.39, 0.29) is 18.1 Å². The van der Waals surface area contributed by atoms with Crippen molar-refractivity contribution in [2.75, 3.05) is 39.4 Å². The van der Waals surface area contributed by atoms with E-state index in [2.05, 4.69) is 21.9 Å². The van der Waals surface area contributed by atoms with E-state index in [0.717, 1.165) is 50.6 Å². The molecule has 0 spiro atoms. The molecule has 130 valence electrons. The fourth-order valence-electron chi connectivity index (χ4n) is 3.71. The van der Waals surface area contributed by atoms with Gasteiger partial charge in [-0.2, -0.15) is 0 Å². The predicted octanol–water partition coefficient (Wildman–Crippen LogP) is 1.28. The van der Waals surface area contributed by atoms with Crippen LogP contribution in [-0.4, -0.2) is 67.3 Å². The Morgan fingerprint density at radius 3 is 2.54 bits per heavy atom. The molecule has 2 fully saturated rings. The first-order valence-corrected chi connectivity index (χ1v) is 8.74. The molecule has 0 aliphatic carbocycles. The molecule has 1 aromatic carbocycles. The Hall–Kier alpha value is -1.79. The number of piperazine rings is 1. The van der Waals surface area contributed by atoms with Gasteiger partial charge in [-0.05, 0) is 24.6 Å². The summed E-state index contributed by atoms with van der Waals surface area (Å²) < 4.78 is 16.5. The van der Waals surface area contributed by atoms with Crippen molar-refractivity contribution in [2.24, 2.45) is 0 Å². The van der Waals surface area contributed by atoms with Gasteiger partial charge in [0.1, 0.15) is 25.4 Å². The number of benzene rings is 1. The van der Waals surface area contributed by atoms with E-state index in [4.69, 9.17) is 14.2 Å². The third-order valence-corrected chi connectivity index (χ3v) is 5.01. The molecule has 3 aliphatic heterocycles. The molecule has 1 aromatic rings. The van der Waals surface area contributed by atoms with E-state index >= 15 is 0 Å². The normalized spacial score (nSPS) is 28.0. The third-order valence-electron chi connectivity index (χ3n) is 5.01. The van der Waals surface area contributed by atoms with Crippen LogP contribution in [0.4, 0.5) is 0 Å². The molecule has 0 amide bonds. The van der Waals surface area contributed by atoms with Crippen molar-refractivity contribution in [2.45, 2.75) is 32.0 Å². The highest BCUT2D eigenvalue weighted by atomic mass is 16.6. The number of carbonyl (C=O) groups is 1. The number of cyclic esters (lactones) is 1. The maximum Gasteiger partial charge on any atom is 0.323 e. The molecule has 6 nitrogen and oxygen atoms in total. The molecule has 0 radical (unpaired) electrons. The fraction of sp³-hybridized carbons (Fsp3) is 0.611. The van der Waals surface area contributed by atoms with Crippen molar-refractivity contribution in [3.05, 3.63) is 23.8 Å². The van der Waals surface area contributed by atoms with Crippen molar-refractivity contribution in [1.29, 1.82) is 0 Å². The molecule has 0 unspecified atom stereocenters. The minimum atomic E-state index is -0.0530. The molecule has 3 heterocycles. The van der Waals surface area contributed by atoms with Crippen LogP contribution in [0.3, 0.4) is 0 Å². The summed E-state index contributed by atoms with van der Waals surface area (Å²) in [5, 5.41) is 0. The van der Waals surface area contributed by atoms with Gasteiger partial charge in [-0.25, -0.2) is 0 Å². The minimum Gasteiger partial charge on any atom is -0.486 e. The Balaban J connectivity index is 1.32. The minimum absolute atomic E-state index is 0.0450. The van der Waals surface area contributed by atoms with E-state index in [9.17, 15) is 4.79 Å². The maximum atomic E-state index is 11.9. The summed E-state index contributed by atoms with van der Waals surface area (Å²) in [6.07, 6.45) is 0.874. The van der Waals surface area contributed by atoms with E-state index in [1.54, 1.807) is 0 Å². The second-order valence-corrected chi connectivity index (χ2v) is 6.79. The lowest BCUT2D eigenvalue weighted by Crippen LogP contribution is -2.51. The van der Waals surface area contributed by atoms with Gasteiger partial charge in [-0.15, -0.1) is 0 Å². The van der Waals surface area contributed by atoms with E-state index < -0.39 is 0 Å². The first kappa shape index (κ1) is 15.7. The van der Waals surface area contributed by atoms with Crippen LogP contribution in [0.2, 0.25) is 0 Å². The second kappa shape index (κ2) is 6.61. The van der Waals surface area contributed by atoms with Crippen molar-refractivity contribution >= 4 is 5.97 Å². The molecule has 2 saturated heterocycles. The largest absolute Gasteiger partial charge is 0.486 e. The smallest absolute Gasteiger partial charge is 0.323 e. The van der Waals surface area contributed by atoms with Crippen LogP contribution < -0.4 is 9.47 Å².